The van der Waals surface area contributed by atoms with Crippen molar-refractivity contribution in [2.45, 2.75) is 18.9 Å². The maximum Gasteiger partial charge on any atom is 0.259 e. The number of amides is 1. The number of hydrogen-bond acceptors (Lipinski definition) is 5. The van der Waals surface area contributed by atoms with Gasteiger partial charge in [-0.25, -0.2) is 9.37 Å². The molecule has 0 saturated carbocycles. The Balaban J connectivity index is 1.26. The summed E-state index contributed by atoms with van der Waals surface area (Å²) in [5.74, 6) is -0.287. The highest BCUT2D eigenvalue weighted by atomic mass is 35.5. The fourth-order valence-electron chi connectivity index (χ4n) is 3.98. The van der Waals surface area contributed by atoms with Gasteiger partial charge in [-0.2, -0.15) is 5.10 Å². The van der Waals surface area contributed by atoms with E-state index >= 15 is 0 Å². The molecule has 33 heavy (non-hydrogen) atoms. The minimum atomic E-state index is -0.584. The van der Waals surface area contributed by atoms with Gasteiger partial charge in [-0.15, -0.1) is 0 Å². The molecule has 3 heterocycles. The maximum absolute atomic E-state index is 14.7. The summed E-state index contributed by atoms with van der Waals surface area (Å²) >= 11 is 6.02. The van der Waals surface area contributed by atoms with E-state index < -0.39 is 11.7 Å². The minimum Gasteiger partial charge on any atom is -0.382 e. The molecule has 8 nitrogen and oxygen atoms in total. The molecule has 1 fully saturated rings. The van der Waals surface area contributed by atoms with Gasteiger partial charge in [-0.1, -0.05) is 11.6 Å². The summed E-state index contributed by atoms with van der Waals surface area (Å²) in [4.78, 5) is 22.5. The Kier molecular flexibility index (Phi) is 5.74. The standard InChI is InChI=1S/C23H23ClFN7O/c1-32-8-6-14(7-9-32)26-15-3-4-16(17(25)11-15)23(33)29-21-12-20(30-31-21)22-27-18-5-2-13(24)10-19(18)28-22/h2-5,10-12,14,26H,6-9H2,1H3,(H,27,28)(H2,29,30,31,33). The number of anilines is 2. The van der Waals surface area contributed by atoms with Gasteiger partial charge < -0.3 is 20.5 Å². The third-order valence-electron chi connectivity index (χ3n) is 5.82. The van der Waals surface area contributed by atoms with Gasteiger partial charge in [-0.3, -0.25) is 9.89 Å². The maximum atomic E-state index is 14.7. The van der Waals surface area contributed by atoms with Crippen LogP contribution in [0.5, 0.6) is 0 Å². The SMILES string of the molecule is CN1CCC(Nc2ccc(C(=O)Nc3cc(-c4nc5ccc(Cl)cc5[nH]4)n[nH]3)c(F)c2)CC1. The number of imidazole rings is 1. The van der Waals surface area contributed by atoms with Crippen LogP contribution in [-0.4, -0.2) is 57.2 Å². The summed E-state index contributed by atoms with van der Waals surface area (Å²) < 4.78 is 14.7. The average Bonchev–Trinajstić information content (AvgIpc) is 3.42. The van der Waals surface area contributed by atoms with Crippen molar-refractivity contribution >= 4 is 40.0 Å². The van der Waals surface area contributed by atoms with Crippen LogP contribution in [0.3, 0.4) is 0 Å². The fourth-order valence-corrected chi connectivity index (χ4v) is 4.15. The van der Waals surface area contributed by atoms with Gasteiger partial charge in [0.05, 0.1) is 16.6 Å². The Morgan fingerprint density at radius 1 is 1.18 bits per heavy atom. The molecule has 2 aromatic carbocycles. The third kappa shape index (κ3) is 4.69. The molecule has 1 aliphatic rings. The number of piperidine rings is 1. The van der Waals surface area contributed by atoms with E-state index in [2.05, 4.69) is 42.7 Å². The van der Waals surface area contributed by atoms with Gasteiger partial charge in [0.2, 0.25) is 0 Å². The van der Waals surface area contributed by atoms with Gasteiger partial charge in [0.25, 0.3) is 5.91 Å². The normalized spacial score (nSPS) is 15.1. The van der Waals surface area contributed by atoms with Crippen molar-refractivity contribution in [3.8, 4) is 11.5 Å². The van der Waals surface area contributed by atoms with Crippen molar-refractivity contribution in [3.05, 3.63) is 58.9 Å². The van der Waals surface area contributed by atoms with E-state index in [-0.39, 0.29) is 5.56 Å². The molecular formula is C23H23ClFN7O. The van der Waals surface area contributed by atoms with E-state index in [1.165, 1.54) is 12.1 Å². The predicted molar refractivity (Wildman–Crippen MR) is 127 cm³/mol. The Morgan fingerprint density at radius 3 is 2.79 bits per heavy atom. The van der Waals surface area contributed by atoms with Crippen LogP contribution in [-0.2, 0) is 0 Å². The molecule has 0 unspecified atom stereocenters. The molecule has 10 heteroatoms. The number of fused-ring (bicyclic) bond motifs is 1. The lowest BCUT2D eigenvalue weighted by molar-refractivity contribution is 0.102. The van der Waals surface area contributed by atoms with Crippen LogP contribution in [0.4, 0.5) is 15.9 Å². The summed E-state index contributed by atoms with van der Waals surface area (Å²) in [7, 11) is 2.10. The first kappa shape index (κ1) is 21.4. The van der Waals surface area contributed by atoms with E-state index in [0.29, 0.717) is 34.1 Å². The van der Waals surface area contributed by atoms with E-state index in [0.717, 1.165) is 37.0 Å². The highest BCUT2D eigenvalue weighted by molar-refractivity contribution is 6.31. The number of rotatable bonds is 5. The lowest BCUT2D eigenvalue weighted by Gasteiger charge is -2.30. The number of likely N-dealkylation sites (tertiary alicyclic amines) is 1. The number of halogens is 2. The molecule has 0 aliphatic carbocycles. The summed E-state index contributed by atoms with van der Waals surface area (Å²) in [5.41, 5.74) is 2.67. The largest absolute Gasteiger partial charge is 0.382 e. The van der Waals surface area contributed by atoms with Crippen LogP contribution < -0.4 is 10.6 Å². The van der Waals surface area contributed by atoms with Crippen molar-refractivity contribution in [2.75, 3.05) is 30.8 Å². The summed E-state index contributed by atoms with van der Waals surface area (Å²) in [5, 5.41) is 13.5. The highest BCUT2D eigenvalue weighted by Gasteiger charge is 2.19. The number of hydrogen-bond donors (Lipinski definition) is 4. The second-order valence-corrected chi connectivity index (χ2v) is 8.72. The third-order valence-corrected chi connectivity index (χ3v) is 6.05. The van der Waals surface area contributed by atoms with Crippen LogP contribution in [0.15, 0.2) is 42.5 Å². The molecule has 0 radical (unpaired) electrons. The molecule has 170 valence electrons. The molecule has 0 bridgehead atoms. The van der Waals surface area contributed by atoms with Crippen LogP contribution in [0, 0.1) is 5.82 Å². The van der Waals surface area contributed by atoms with Crippen molar-refractivity contribution in [3.63, 3.8) is 0 Å². The zero-order chi connectivity index (χ0) is 22.9. The van der Waals surface area contributed by atoms with Gasteiger partial charge in [0.15, 0.2) is 5.82 Å². The fraction of sp³-hybridized carbons (Fsp3) is 0.261. The van der Waals surface area contributed by atoms with Gasteiger partial charge in [0, 0.05) is 22.8 Å². The molecule has 1 amide bonds. The number of benzene rings is 2. The number of aromatic amines is 2. The zero-order valence-electron chi connectivity index (χ0n) is 18.0. The molecule has 1 aliphatic heterocycles. The summed E-state index contributed by atoms with van der Waals surface area (Å²) in [6.07, 6.45) is 2.00. The Morgan fingerprint density at radius 2 is 2.00 bits per heavy atom. The molecule has 2 aromatic heterocycles. The van der Waals surface area contributed by atoms with Gasteiger partial charge in [-0.05, 0) is 69.4 Å². The van der Waals surface area contributed by atoms with E-state index in [4.69, 9.17) is 11.6 Å². The van der Waals surface area contributed by atoms with Crippen molar-refractivity contribution in [1.29, 1.82) is 0 Å². The lowest BCUT2D eigenvalue weighted by Crippen LogP contribution is -2.36. The lowest BCUT2D eigenvalue weighted by atomic mass is 10.0. The topological polar surface area (TPSA) is 102 Å². The minimum absolute atomic E-state index is 0.0431. The van der Waals surface area contributed by atoms with Crippen LogP contribution in [0.2, 0.25) is 5.02 Å². The number of carbonyl (C=O) groups excluding carboxylic acids is 1. The first-order valence-corrected chi connectivity index (χ1v) is 11.1. The Hall–Kier alpha value is -3.43. The van der Waals surface area contributed by atoms with Crippen molar-refractivity contribution in [1.82, 2.24) is 25.1 Å². The summed E-state index contributed by atoms with van der Waals surface area (Å²) in [6.45, 7) is 2.02. The predicted octanol–water partition coefficient (Wildman–Crippen LogP) is 4.50. The molecule has 5 rings (SSSR count). The molecule has 4 aromatic rings. The molecule has 4 N–H and O–H groups in total. The Bertz CT molecular complexity index is 1310. The highest BCUT2D eigenvalue weighted by Crippen LogP contribution is 2.24. The van der Waals surface area contributed by atoms with Gasteiger partial charge >= 0.3 is 0 Å². The van der Waals surface area contributed by atoms with Gasteiger partial charge in [0.1, 0.15) is 17.3 Å². The number of aromatic nitrogens is 4. The number of nitrogens with zero attached hydrogens (tertiary/aromatic N) is 3. The van der Waals surface area contributed by atoms with E-state index in [9.17, 15) is 9.18 Å². The first-order chi connectivity index (χ1) is 15.9. The molecule has 0 spiro atoms. The van der Waals surface area contributed by atoms with Crippen molar-refractivity contribution < 1.29 is 9.18 Å². The summed E-state index contributed by atoms with van der Waals surface area (Å²) in [6, 6.07) is 11.9. The second-order valence-electron chi connectivity index (χ2n) is 8.28. The second kappa shape index (κ2) is 8.84. The molecule has 0 atom stereocenters. The van der Waals surface area contributed by atoms with Crippen LogP contribution in [0.25, 0.3) is 22.6 Å². The first-order valence-electron chi connectivity index (χ1n) is 10.7. The number of H-pyrrole nitrogens is 2. The van der Waals surface area contributed by atoms with E-state index in [1.54, 1.807) is 30.3 Å². The van der Waals surface area contributed by atoms with E-state index in [1.807, 2.05) is 0 Å². The number of carbonyl (C=O) groups is 1. The zero-order valence-corrected chi connectivity index (χ0v) is 18.7. The molecule has 1 saturated heterocycles. The average molecular weight is 468 g/mol. The number of nitrogens with one attached hydrogen (secondary N) is 4. The quantitative estimate of drug-likeness (QED) is 0.346. The smallest absolute Gasteiger partial charge is 0.259 e. The van der Waals surface area contributed by atoms with Crippen molar-refractivity contribution in [2.24, 2.45) is 0 Å². The van der Waals surface area contributed by atoms with Crippen LogP contribution >= 0.6 is 11.6 Å². The molecular weight excluding hydrogens is 445 g/mol. The Labute approximate surface area is 194 Å². The monoisotopic (exact) mass is 467 g/mol. The van der Waals surface area contributed by atoms with Crippen LogP contribution in [0.1, 0.15) is 23.2 Å².